The summed E-state index contributed by atoms with van der Waals surface area (Å²) in [5.74, 6) is 0. The van der Waals surface area contributed by atoms with Crippen LogP contribution in [0.2, 0.25) is 0 Å². The van der Waals surface area contributed by atoms with E-state index in [0.29, 0.717) is 0 Å². The van der Waals surface area contributed by atoms with Crippen molar-refractivity contribution in [1.29, 1.82) is 0 Å². The lowest BCUT2D eigenvalue weighted by Gasteiger charge is -2.15. The molecule has 6 nitrogen and oxygen atoms in total. The van der Waals surface area contributed by atoms with Crippen LogP contribution in [-0.2, 0) is 19.6 Å². The van der Waals surface area contributed by atoms with Crippen LogP contribution < -0.4 is 0 Å². The van der Waals surface area contributed by atoms with Crippen molar-refractivity contribution in [3.05, 3.63) is 470 Å². The van der Waals surface area contributed by atoms with Crippen molar-refractivity contribution in [2.24, 2.45) is 0 Å². The molecule has 9 heterocycles. The van der Waals surface area contributed by atoms with Crippen LogP contribution in [-0.4, -0.2) is 27.4 Å². The van der Waals surface area contributed by atoms with E-state index in [2.05, 4.69) is 497 Å². The Balaban J connectivity index is 0.0000000972. The van der Waals surface area contributed by atoms with Crippen LogP contribution in [0, 0.1) is 83.1 Å². The Morgan fingerprint density at radius 2 is 0.455 bits per heavy atom. The maximum atomic E-state index is 2.51. The van der Waals surface area contributed by atoms with Crippen LogP contribution in [0.3, 0.4) is 0 Å². The highest BCUT2D eigenvalue weighted by Crippen LogP contribution is 2.42. The zero-order chi connectivity index (χ0) is 91.5. The van der Waals surface area contributed by atoms with E-state index in [4.69, 9.17) is 0 Å². The van der Waals surface area contributed by atoms with Crippen molar-refractivity contribution < 1.29 is 0 Å². The second-order valence-corrected chi connectivity index (χ2v) is 39.7. The lowest BCUT2D eigenvalue weighted by atomic mass is 9.96. The van der Waals surface area contributed by atoms with Crippen molar-refractivity contribution in [2.45, 2.75) is 103 Å². The van der Waals surface area contributed by atoms with Crippen LogP contribution in [0.25, 0.3) is 167 Å². The molecular weight excluding hydrogens is 1680 g/mol. The molecule has 0 saturated carbocycles. The van der Waals surface area contributed by atoms with Gasteiger partial charge in [0.15, 0.2) is 0 Å². The highest BCUT2D eigenvalue weighted by Gasteiger charge is 2.21. The first-order valence-corrected chi connectivity index (χ1v) is 49.0. The molecule has 0 amide bonds. The van der Waals surface area contributed by atoms with Gasteiger partial charge in [0, 0.05) is 122 Å². The second kappa shape index (κ2) is 36.4. The normalized spacial score (nSPS) is 11.5. The molecule has 0 aliphatic carbocycles. The summed E-state index contributed by atoms with van der Waals surface area (Å²) in [6, 6.07) is 137. The number of hydrogen-bond acceptors (Lipinski definition) is 3. The number of rotatable bonds is 9. The number of aromatic nitrogens is 6. The van der Waals surface area contributed by atoms with E-state index < -0.39 is 0 Å². The molecule has 26 aromatic rings. The molecule has 9 aromatic heterocycles. The summed E-state index contributed by atoms with van der Waals surface area (Å²) in [5, 5.41) is 29.5. The maximum absolute atomic E-state index is 2.51. The first-order valence-electron chi connectivity index (χ1n) is 46.5. The van der Waals surface area contributed by atoms with E-state index >= 15 is 0 Å². The predicted octanol–water partition coefficient (Wildman–Crippen LogP) is 35.1. The Hall–Kier alpha value is -14.8. The Bertz CT molecular complexity index is 8570. The van der Waals surface area contributed by atoms with Gasteiger partial charge in [-0.25, -0.2) is 0 Å². The van der Waals surface area contributed by atoms with Crippen molar-refractivity contribution in [3.8, 4) is 15.0 Å². The van der Waals surface area contributed by atoms with Gasteiger partial charge in [0.2, 0.25) is 0 Å². The number of aryl methyl sites for hydroxylation is 12. The molecule has 26 rings (SSSR count). The number of thiophene rings is 3. The zero-order valence-electron chi connectivity index (χ0n) is 78.0. The number of para-hydroxylation sites is 1. The second-order valence-electron chi connectivity index (χ2n) is 36.6. The molecule has 0 fully saturated rings. The van der Waals surface area contributed by atoms with Crippen molar-refractivity contribution in [3.63, 3.8) is 0 Å². The van der Waals surface area contributed by atoms with E-state index in [0.717, 1.165) is 19.6 Å². The molecule has 0 saturated heterocycles. The van der Waals surface area contributed by atoms with Crippen LogP contribution in [0.5, 0.6) is 0 Å². The van der Waals surface area contributed by atoms with E-state index in [1.807, 2.05) is 11.3 Å². The largest absolute Gasteiger partial charge is 0.336 e. The van der Waals surface area contributed by atoms with Gasteiger partial charge in [-0.1, -0.05) is 258 Å². The molecule has 654 valence electrons. The highest BCUT2D eigenvalue weighted by atomic mass is 32.1. The van der Waals surface area contributed by atoms with Crippen LogP contribution in [0.1, 0.15) is 82.8 Å². The van der Waals surface area contributed by atoms with Crippen molar-refractivity contribution in [2.75, 3.05) is 0 Å². The Kier molecular flexibility index (Phi) is 23.3. The molecule has 134 heavy (non-hydrogen) atoms. The van der Waals surface area contributed by atoms with Crippen molar-refractivity contribution in [1.82, 2.24) is 27.4 Å². The van der Waals surface area contributed by atoms with Crippen LogP contribution >= 0.6 is 34.0 Å². The average Bonchev–Trinajstić information content (AvgIpc) is 1.59. The minimum Gasteiger partial charge on any atom is -0.336 e. The molecule has 9 heteroatoms. The summed E-state index contributed by atoms with van der Waals surface area (Å²) < 4.78 is 14.5. The SMILES string of the molecule is Cc1ccc2c(c1)c1cc(C)ccc1n2-c1cccs1.Cc1ccc2c(c1)c1cc(C)ccc1n2Cc1ccccc1.Cc1ccc2c(c1)c1ccccc1n2-c1ccc(C)s1.Cc1ccc2c3ccc(C)cc3n(-c3cccs3)c2c1.Cc1ccc2c3ccc(C)cc3n(Cc3c4ccccc4cc4ccccc34)c2c1.Cc1ccc2c3ccc(C)cc3n(Cc3ccccc3)c2c1. The molecule has 0 unspecified atom stereocenters. The molecular formula is C125H106N6S3. The maximum Gasteiger partial charge on any atom is 0.100 e. The summed E-state index contributed by atoms with van der Waals surface area (Å²) in [4.78, 5) is 1.35. The average molecular weight is 1790 g/mol. The van der Waals surface area contributed by atoms with Gasteiger partial charge in [0.1, 0.15) is 5.00 Å². The van der Waals surface area contributed by atoms with Gasteiger partial charge < -0.3 is 27.4 Å². The van der Waals surface area contributed by atoms with Gasteiger partial charge >= 0.3 is 0 Å². The molecule has 17 aromatic carbocycles. The first kappa shape index (κ1) is 85.9. The molecule has 0 aliphatic heterocycles. The van der Waals surface area contributed by atoms with Gasteiger partial charge in [0.25, 0.3) is 0 Å². The summed E-state index contributed by atoms with van der Waals surface area (Å²) in [6.45, 7) is 28.6. The minimum atomic E-state index is 0.856. The van der Waals surface area contributed by atoms with Crippen LogP contribution in [0.4, 0.5) is 0 Å². The topological polar surface area (TPSA) is 29.6 Å². The van der Waals surface area contributed by atoms with E-state index in [-0.39, 0.29) is 0 Å². The minimum absolute atomic E-state index is 0.856. The van der Waals surface area contributed by atoms with Crippen LogP contribution in [0.15, 0.2) is 387 Å². The molecule has 0 spiro atoms. The molecule has 0 bridgehead atoms. The van der Waals surface area contributed by atoms with E-state index in [1.165, 1.54) is 250 Å². The summed E-state index contributed by atoms with van der Waals surface area (Å²) in [6.07, 6.45) is 0. The van der Waals surface area contributed by atoms with E-state index in [1.54, 1.807) is 22.7 Å². The molecule has 0 atom stereocenters. The summed E-state index contributed by atoms with van der Waals surface area (Å²) in [7, 11) is 0. The fourth-order valence-electron chi connectivity index (χ4n) is 20.1. The first-order chi connectivity index (χ1) is 65.3. The number of fused-ring (bicyclic) bond motifs is 20. The zero-order valence-corrected chi connectivity index (χ0v) is 80.4. The van der Waals surface area contributed by atoms with Gasteiger partial charge in [-0.05, 0) is 311 Å². The van der Waals surface area contributed by atoms with Crippen molar-refractivity contribution >= 4 is 186 Å². The lowest BCUT2D eigenvalue weighted by Crippen LogP contribution is -2.01. The Morgan fingerprint density at radius 1 is 0.179 bits per heavy atom. The number of nitrogens with zero attached hydrogens (tertiary/aromatic N) is 6. The lowest BCUT2D eigenvalue weighted by molar-refractivity contribution is 0.868. The third-order valence-electron chi connectivity index (χ3n) is 26.5. The smallest absolute Gasteiger partial charge is 0.100 e. The van der Waals surface area contributed by atoms with E-state index in [9.17, 15) is 0 Å². The van der Waals surface area contributed by atoms with Gasteiger partial charge in [-0.15, -0.1) is 34.0 Å². The quantitative estimate of drug-likeness (QED) is 0.129. The Labute approximate surface area is 795 Å². The number of benzene rings is 17. The third kappa shape index (κ3) is 16.6. The fraction of sp³-hybridized carbons (Fsp3) is 0.120. The highest BCUT2D eigenvalue weighted by molar-refractivity contribution is 7.14. The van der Waals surface area contributed by atoms with Gasteiger partial charge in [-0.2, -0.15) is 0 Å². The molecule has 0 N–H and O–H groups in total. The molecule has 0 radical (unpaired) electrons. The monoisotopic (exact) mass is 1790 g/mol. The number of hydrogen-bond donors (Lipinski definition) is 0. The predicted molar refractivity (Wildman–Crippen MR) is 583 cm³/mol. The molecule has 0 aliphatic rings. The Morgan fingerprint density at radius 3 is 0.828 bits per heavy atom. The third-order valence-corrected chi connectivity index (χ3v) is 29.2. The van der Waals surface area contributed by atoms with Gasteiger partial charge in [-0.3, -0.25) is 0 Å². The summed E-state index contributed by atoms with van der Waals surface area (Å²) in [5.41, 5.74) is 34.1. The fourth-order valence-corrected chi connectivity index (χ4v) is 22.5. The van der Waals surface area contributed by atoms with Gasteiger partial charge in [0.05, 0.1) is 43.1 Å². The standard InChI is InChI=1S/C29H23N.2C21H19N.3C18H15NS/c1-19-11-13-25-26-14-12-20(2)16-29(26)30(28(25)15-19)18-27-23-9-5-3-7-21(23)17-22-8-4-6-10-24(22)27;1-15-8-10-20-18(12-15)19-13-16(2)9-11-21(19)22(20)14-17-6-4-3-5-7-17;1-15-8-10-18-19-11-9-16(2)13-21(19)22(20(18)12-15)14-17-6-4-3-5-7-17;1-12-5-7-16-14(10-12)15-11-13(2)6-8-17(15)19(16)18-4-3-9-20-18;1-12-5-7-14-15-8-6-13(2)11-17(15)19(16(14)10-12)18-4-3-9-20-18;1-12-7-9-17-15(11-12)14-5-3-4-6-16(14)19(17)18-10-8-13(2)20-18/h3-17H,18H2,1-2H3;2*3-13H,14H2,1-2H3;3*3-11H,1-2H3. The summed E-state index contributed by atoms with van der Waals surface area (Å²) >= 11 is 5.41.